The zero-order valence-electron chi connectivity index (χ0n) is 11.1. The molecule has 1 aliphatic rings. The number of hydrogen-bond donors (Lipinski definition) is 0. The van der Waals surface area contributed by atoms with E-state index in [1.165, 1.54) is 7.11 Å². The van der Waals surface area contributed by atoms with Crippen molar-refractivity contribution in [3.05, 3.63) is 71.3 Å². The fourth-order valence-electron chi connectivity index (χ4n) is 2.34. The first kappa shape index (κ1) is 12.5. The highest BCUT2D eigenvalue weighted by molar-refractivity contribution is 5.97. The molecule has 2 aromatic carbocycles. The first-order valence-corrected chi connectivity index (χ1v) is 6.40. The number of hydrogen-bond acceptors (Lipinski definition) is 3. The minimum atomic E-state index is -0.416. The predicted octanol–water partition coefficient (Wildman–Crippen LogP) is 3.38. The third kappa shape index (κ3) is 2.18. The van der Waals surface area contributed by atoms with Gasteiger partial charge in [-0.3, -0.25) is 0 Å². The van der Waals surface area contributed by atoms with Crippen LogP contribution in [0.4, 0.5) is 0 Å². The molecule has 1 unspecified atom stereocenters. The minimum absolute atomic E-state index is 0.359. The van der Waals surface area contributed by atoms with E-state index in [1.54, 1.807) is 0 Å². The number of rotatable bonds is 3. The van der Waals surface area contributed by atoms with E-state index in [0.717, 1.165) is 16.9 Å². The van der Waals surface area contributed by atoms with E-state index in [4.69, 9.17) is 9.47 Å². The van der Waals surface area contributed by atoms with Crippen molar-refractivity contribution in [3.8, 4) is 5.75 Å². The van der Waals surface area contributed by atoms with Gasteiger partial charge in [-0.25, -0.2) is 4.79 Å². The van der Waals surface area contributed by atoms with Crippen LogP contribution in [0.1, 0.15) is 17.2 Å². The highest BCUT2D eigenvalue weighted by Gasteiger charge is 2.31. The van der Waals surface area contributed by atoms with Gasteiger partial charge in [0.05, 0.1) is 12.7 Å². The van der Waals surface area contributed by atoms with Crippen LogP contribution >= 0.6 is 0 Å². The average Bonchev–Trinajstić information content (AvgIpc) is 2.86. The van der Waals surface area contributed by atoms with Gasteiger partial charge < -0.3 is 9.47 Å². The lowest BCUT2D eigenvalue weighted by atomic mass is 10.1. The second-order valence-electron chi connectivity index (χ2n) is 4.53. The average molecular weight is 266 g/mol. The Morgan fingerprint density at radius 1 is 1.00 bits per heavy atom. The molecule has 3 heteroatoms. The maximum atomic E-state index is 11.9. The summed E-state index contributed by atoms with van der Waals surface area (Å²) in [6.45, 7) is 0. The van der Waals surface area contributed by atoms with E-state index in [1.807, 2.05) is 60.7 Å². The van der Waals surface area contributed by atoms with Crippen LogP contribution in [0.15, 0.2) is 60.2 Å². The molecule has 0 aliphatic heterocycles. The zero-order valence-corrected chi connectivity index (χ0v) is 11.1. The molecule has 20 heavy (non-hydrogen) atoms. The largest absolute Gasteiger partial charge is 0.481 e. The Hall–Kier alpha value is -2.55. The van der Waals surface area contributed by atoms with Crippen LogP contribution in [0.3, 0.4) is 0 Å². The molecule has 0 spiro atoms. The van der Waals surface area contributed by atoms with E-state index in [0.29, 0.717) is 5.57 Å². The summed E-state index contributed by atoms with van der Waals surface area (Å²) in [5, 5.41) is 0. The molecule has 0 fully saturated rings. The molecule has 0 amide bonds. The maximum absolute atomic E-state index is 11.9. The summed E-state index contributed by atoms with van der Waals surface area (Å²) in [5.41, 5.74) is 2.50. The predicted molar refractivity (Wildman–Crippen MR) is 76.2 cm³/mol. The van der Waals surface area contributed by atoms with Crippen molar-refractivity contribution < 1.29 is 14.3 Å². The molecule has 0 bridgehead atoms. The van der Waals surface area contributed by atoms with Crippen molar-refractivity contribution in [2.45, 2.75) is 6.10 Å². The van der Waals surface area contributed by atoms with Gasteiger partial charge >= 0.3 is 5.97 Å². The summed E-state index contributed by atoms with van der Waals surface area (Å²) in [4.78, 5) is 11.9. The summed E-state index contributed by atoms with van der Waals surface area (Å²) >= 11 is 0. The molecule has 0 aromatic heterocycles. The van der Waals surface area contributed by atoms with Gasteiger partial charge in [0, 0.05) is 5.56 Å². The van der Waals surface area contributed by atoms with Crippen molar-refractivity contribution in [3.63, 3.8) is 0 Å². The Labute approximate surface area is 117 Å². The smallest absolute Gasteiger partial charge is 0.337 e. The molecule has 3 nitrogen and oxygen atoms in total. The van der Waals surface area contributed by atoms with Crippen LogP contribution in [-0.4, -0.2) is 13.1 Å². The number of carbonyl (C=O) groups is 1. The summed E-state index contributed by atoms with van der Waals surface area (Å²) < 4.78 is 10.8. The number of benzene rings is 2. The monoisotopic (exact) mass is 266 g/mol. The first-order chi connectivity index (χ1) is 9.79. The van der Waals surface area contributed by atoms with Gasteiger partial charge in [-0.15, -0.1) is 0 Å². The Morgan fingerprint density at radius 2 is 1.70 bits per heavy atom. The standard InChI is InChI=1S/C17H14O3/c1-19-17(18)15-11-12-7-5-6-10-14(12)16(15)20-13-8-3-2-4-9-13/h2-11,16H,1H3. The van der Waals surface area contributed by atoms with E-state index in [-0.39, 0.29) is 5.97 Å². The minimum Gasteiger partial charge on any atom is -0.481 e. The van der Waals surface area contributed by atoms with Gasteiger partial charge in [0.15, 0.2) is 6.10 Å². The molecule has 2 aromatic rings. The number of carbonyl (C=O) groups excluding carboxylic acids is 1. The summed E-state index contributed by atoms with van der Waals surface area (Å²) in [7, 11) is 1.38. The van der Waals surface area contributed by atoms with Crippen LogP contribution in [-0.2, 0) is 9.53 Å². The zero-order chi connectivity index (χ0) is 13.9. The van der Waals surface area contributed by atoms with Crippen LogP contribution in [0, 0.1) is 0 Å². The SMILES string of the molecule is COC(=O)C1=Cc2ccccc2C1Oc1ccccc1. The van der Waals surface area contributed by atoms with E-state index in [2.05, 4.69) is 0 Å². The quantitative estimate of drug-likeness (QED) is 0.799. The summed E-state index contributed by atoms with van der Waals surface area (Å²) in [5.74, 6) is 0.367. The van der Waals surface area contributed by atoms with Crippen LogP contribution < -0.4 is 4.74 Å². The van der Waals surface area contributed by atoms with E-state index < -0.39 is 6.10 Å². The number of fused-ring (bicyclic) bond motifs is 1. The first-order valence-electron chi connectivity index (χ1n) is 6.40. The van der Waals surface area contributed by atoms with Crippen molar-refractivity contribution >= 4 is 12.0 Å². The summed E-state index contributed by atoms with van der Waals surface area (Å²) in [6.07, 6.45) is 1.41. The number of para-hydroxylation sites is 1. The molecule has 100 valence electrons. The Balaban J connectivity index is 1.97. The number of ether oxygens (including phenoxy) is 2. The van der Waals surface area contributed by atoms with Crippen LogP contribution in [0.2, 0.25) is 0 Å². The second-order valence-corrected chi connectivity index (χ2v) is 4.53. The Kier molecular flexibility index (Phi) is 3.25. The van der Waals surface area contributed by atoms with Crippen LogP contribution in [0.25, 0.3) is 6.08 Å². The molecule has 1 aliphatic carbocycles. The fourth-order valence-corrected chi connectivity index (χ4v) is 2.34. The normalized spacial score (nSPS) is 16.2. The highest BCUT2D eigenvalue weighted by Crippen LogP contribution is 2.38. The van der Waals surface area contributed by atoms with Gasteiger partial charge in [-0.05, 0) is 23.8 Å². The molecular formula is C17H14O3. The van der Waals surface area contributed by atoms with Gasteiger partial charge in [0.25, 0.3) is 0 Å². The molecular weight excluding hydrogens is 252 g/mol. The third-order valence-electron chi connectivity index (χ3n) is 3.29. The van der Waals surface area contributed by atoms with Crippen LogP contribution in [0.5, 0.6) is 5.75 Å². The topological polar surface area (TPSA) is 35.5 Å². The van der Waals surface area contributed by atoms with Gasteiger partial charge in [0.2, 0.25) is 0 Å². The number of esters is 1. The maximum Gasteiger partial charge on any atom is 0.337 e. The molecule has 1 atom stereocenters. The lowest BCUT2D eigenvalue weighted by molar-refractivity contribution is -0.136. The molecule has 0 saturated heterocycles. The lowest BCUT2D eigenvalue weighted by Crippen LogP contribution is -2.15. The summed E-state index contributed by atoms with van der Waals surface area (Å²) in [6, 6.07) is 17.3. The van der Waals surface area contributed by atoms with E-state index >= 15 is 0 Å². The molecule has 0 saturated carbocycles. The Bertz CT molecular complexity index is 659. The second kappa shape index (κ2) is 5.21. The van der Waals surface area contributed by atoms with Gasteiger partial charge in [-0.1, -0.05) is 42.5 Å². The third-order valence-corrected chi connectivity index (χ3v) is 3.29. The molecule has 0 N–H and O–H groups in total. The van der Waals surface area contributed by atoms with Gasteiger partial charge in [0.1, 0.15) is 5.75 Å². The molecule has 0 heterocycles. The highest BCUT2D eigenvalue weighted by atomic mass is 16.5. The Morgan fingerprint density at radius 3 is 2.45 bits per heavy atom. The molecule has 0 radical (unpaired) electrons. The van der Waals surface area contributed by atoms with Crippen molar-refractivity contribution in [1.29, 1.82) is 0 Å². The number of methoxy groups -OCH3 is 1. The van der Waals surface area contributed by atoms with Crippen molar-refractivity contribution in [2.24, 2.45) is 0 Å². The fraction of sp³-hybridized carbons (Fsp3) is 0.118. The lowest BCUT2D eigenvalue weighted by Gasteiger charge is -2.17. The molecule has 3 rings (SSSR count). The van der Waals surface area contributed by atoms with Crippen molar-refractivity contribution in [2.75, 3.05) is 7.11 Å². The van der Waals surface area contributed by atoms with Gasteiger partial charge in [-0.2, -0.15) is 0 Å². The van der Waals surface area contributed by atoms with E-state index in [9.17, 15) is 4.79 Å². The van der Waals surface area contributed by atoms with Crippen molar-refractivity contribution in [1.82, 2.24) is 0 Å².